The summed E-state index contributed by atoms with van der Waals surface area (Å²) in [5.41, 5.74) is 0.663. The van der Waals surface area contributed by atoms with Gasteiger partial charge in [0.1, 0.15) is 5.75 Å². The molecule has 2 aromatic carbocycles. The van der Waals surface area contributed by atoms with Gasteiger partial charge in [0.25, 0.3) is 0 Å². The van der Waals surface area contributed by atoms with E-state index in [0.29, 0.717) is 28.4 Å². The minimum atomic E-state index is -0.605. The first kappa shape index (κ1) is 14.9. The van der Waals surface area contributed by atoms with E-state index in [0.717, 1.165) is 0 Å². The number of hydrogen-bond donors (Lipinski definition) is 0. The Morgan fingerprint density at radius 1 is 1.09 bits per heavy atom. The largest absolute Gasteiger partial charge is 0.496 e. The Balaban J connectivity index is 1.66. The van der Waals surface area contributed by atoms with Crippen LogP contribution in [0.25, 0.3) is 0 Å². The van der Waals surface area contributed by atoms with Crippen molar-refractivity contribution in [2.24, 2.45) is 0 Å². The van der Waals surface area contributed by atoms with Crippen molar-refractivity contribution < 1.29 is 28.5 Å². The van der Waals surface area contributed by atoms with Gasteiger partial charge in [0.2, 0.25) is 12.6 Å². The van der Waals surface area contributed by atoms with Crippen LogP contribution in [-0.4, -0.2) is 32.3 Å². The van der Waals surface area contributed by atoms with Gasteiger partial charge in [-0.25, -0.2) is 4.79 Å². The highest BCUT2D eigenvalue weighted by Crippen LogP contribution is 2.32. The minimum absolute atomic E-state index is 0.125. The summed E-state index contributed by atoms with van der Waals surface area (Å²) in [7, 11) is 1.48. The maximum absolute atomic E-state index is 12.1. The van der Waals surface area contributed by atoms with E-state index in [9.17, 15) is 9.59 Å². The number of Topliss-reactive ketones (excluding diaryl/α,β-unsaturated/α-hetero) is 1. The van der Waals surface area contributed by atoms with Crippen LogP contribution in [0.2, 0.25) is 0 Å². The summed E-state index contributed by atoms with van der Waals surface area (Å²) < 4.78 is 20.6. The first-order valence-electron chi connectivity index (χ1n) is 6.92. The van der Waals surface area contributed by atoms with Crippen LogP contribution in [0.5, 0.6) is 17.2 Å². The van der Waals surface area contributed by atoms with Crippen LogP contribution in [0, 0.1) is 0 Å². The molecule has 1 heterocycles. The third-order valence-corrected chi connectivity index (χ3v) is 3.35. The molecule has 23 heavy (non-hydrogen) atoms. The molecule has 0 saturated heterocycles. The fraction of sp³-hybridized carbons (Fsp3) is 0.176. The van der Waals surface area contributed by atoms with Crippen LogP contribution in [0.4, 0.5) is 0 Å². The highest BCUT2D eigenvalue weighted by atomic mass is 16.7. The Kier molecular flexibility index (Phi) is 4.14. The molecule has 0 unspecified atom stereocenters. The highest BCUT2D eigenvalue weighted by Gasteiger charge is 2.19. The molecule has 0 aliphatic carbocycles. The number of carbonyl (C=O) groups excluding carboxylic acids is 2. The van der Waals surface area contributed by atoms with Crippen LogP contribution in [-0.2, 0) is 4.74 Å². The van der Waals surface area contributed by atoms with Gasteiger partial charge < -0.3 is 18.9 Å². The molecule has 6 heteroatoms. The standard InChI is InChI=1S/C17H14O6/c1-20-14-5-3-2-4-12(14)13(18)9-21-17(19)11-6-7-15-16(8-11)23-10-22-15/h2-8H,9-10H2,1H3. The Hall–Kier alpha value is -3.02. The van der Waals surface area contributed by atoms with Crippen molar-refractivity contribution in [1.82, 2.24) is 0 Å². The van der Waals surface area contributed by atoms with Crippen LogP contribution in [0.3, 0.4) is 0 Å². The summed E-state index contributed by atoms with van der Waals surface area (Å²) >= 11 is 0. The van der Waals surface area contributed by atoms with Gasteiger partial charge in [0.05, 0.1) is 18.2 Å². The zero-order valence-corrected chi connectivity index (χ0v) is 12.4. The van der Waals surface area contributed by atoms with Gasteiger partial charge in [-0.15, -0.1) is 0 Å². The van der Waals surface area contributed by atoms with E-state index in [1.54, 1.807) is 36.4 Å². The average Bonchev–Trinajstić information content (AvgIpc) is 3.06. The van der Waals surface area contributed by atoms with Crippen molar-refractivity contribution in [2.75, 3.05) is 20.5 Å². The third kappa shape index (κ3) is 3.11. The second kappa shape index (κ2) is 6.39. The minimum Gasteiger partial charge on any atom is -0.496 e. The molecular weight excluding hydrogens is 300 g/mol. The number of ether oxygens (including phenoxy) is 4. The summed E-state index contributed by atoms with van der Waals surface area (Å²) in [6.07, 6.45) is 0. The van der Waals surface area contributed by atoms with E-state index >= 15 is 0 Å². The molecule has 0 fully saturated rings. The lowest BCUT2D eigenvalue weighted by Gasteiger charge is -2.08. The van der Waals surface area contributed by atoms with Crippen LogP contribution in [0.15, 0.2) is 42.5 Å². The molecule has 0 bridgehead atoms. The Labute approximate surface area is 132 Å². The summed E-state index contributed by atoms with van der Waals surface area (Å²) in [5.74, 6) is 0.557. The van der Waals surface area contributed by atoms with Crippen molar-refractivity contribution in [3.05, 3.63) is 53.6 Å². The molecule has 0 aromatic heterocycles. The summed E-state index contributed by atoms with van der Waals surface area (Å²) in [4.78, 5) is 24.2. The van der Waals surface area contributed by atoms with Crippen molar-refractivity contribution in [1.29, 1.82) is 0 Å². The topological polar surface area (TPSA) is 71.1 Å². The maximum Gasteiger partial charge on any atom is 0.338 e. The van der Waals surface area contributed by atoms with Crippen molar-refractivity contribution in [2.45, 2.75) is 0 Å². The fourth-order valence-electron chi connectivity index (χ4n) is 2.19. The van der Waals surface area contributed by atoms with Crippen molar-refractivity contribution >= 4 is 11.8 Å². The lowest BCUT2D eigenvalue weighted by atomic mass is 10.1. The number of esters is 1. The molecule has 6 nitrogen and oxygen atoms in total. The Morgan fingerprint density at radius 2 is 1.87 bits per heavy atom. The second-order valence-electron chi connectivity index (χ2n) is 4.77. The number of para-hydroxylation sites is 1. The number of carbonyl (C=O) groups is 2. The average molecular weight is 314 g/mol. The number of methoxy groups -OCH3 is 1. The summed E-state index contributed by atoms with van der Waals surface area (Å²) in [6, 6.07) is 11.5. The van der Waals surface area contributed by atoms with Gasteiger partial charge in [-0.1, -0.05) is 12.1 Å². The van der Waals surface area contributed by atoms with Crippen LogP contribution in [0.1, 0.15) is 20.7 Å². The molecule has 2 aromatic rings. The zero-order chi connectivity index (χ0) is 16.2. The molecule has 0 radical (unpaired) electrons. The molecular formula is C17H14O6. The fourth-order valence-corrected chi connectivity index (χ4v) is 2.19. The van der Waals surface area contributed by atoms with Gasteiger partial charge in [-0.2, -0.15) is 0 Å². The van der Waals surface area contributed by atoms with Crippen LogP contribution < -0.4 is 14.2 Å². The first-order chi connectivity index (χ1) is 11.2. The smallest absolute Gasteiger partial charge is 0.338 e. The molecule has 0 atom stereocenters. The van der Waals surface area contributed by atoms with E-state index < -0.39 is 5.97 Å². The summed E-state index contributed by atoms with van der Waals surface area (Å²) in [6.45, 7) is -0.242. The number of fused-ring (bicyclic) bond motifs is 1. The highest BCUT2D eigenvalue weighted by molar-refractivity contribution is 6.01. The van der Waals surface area contributed by atoms with E-state index in [-0.39, 0.29) is 19.2 Å². The normalized spacial score (nSPS) is 11.9. The molecule has 1 aliphatic rings. The quantitative estimate of drug-likeness (QED) is 0.623. The first-order valence-corrected chi connectivity index (χ1v) is 6.92. The second-order valence-corrected chi connectivity index (χ2v) is 4.77. The lowest BCUT2D eigenvalue weighted by Crippen LogP contribution is -2.15. The molecule has 3 rings (SSSR count). The van der Waals surface area contributed by atoms with Crippen molar-refractivity contribution in [3.8, 4) is 17.2 Å². The molecule has 1 aliphatic heterocycles. The number of ketones is 1. The molecule has 118 valence electrons. The van der Waals surface area contributed by atoms with E-state index in [4.69, 9.17) is 18.9 Å². The van der Waals surface area contributed by atoms with Gasteiger partial charge in [-0.05, 0) is 30.3 Å². The molecule has 0 N–H and O–H groups in total. The number of rotatable bonds is 5. The lowest BCUT2D eigenvalue weighted by molar-refractivity contribution is 0.0473. The van der Waals surface area contributed by atoms with Crippen LogP contribution >= 0.6 is 0 Å². The van der Waals surface area contributed by atoms with Gasteiger partial charge >= 0.3 is 5.97 Å². The van der Waals surface area contributed by atoms with E-state index in [1.807, 2.05) is 0 Å². The molecule has 0 spiro atoms. The van der Waals surface area contributed by atoms with E-state index in [2.05, 4.69) is 0 Å². The maximum atomic E-state index is 12.1. The van der Waals surface area contributed by atoms with Crippen molar-refractivity contribution in [3.63, 3.8) is 0 Å². The monoisotopic (exact) mass is 314 g/mol. The van der Waals surface area contributed by atoms with E-state index in [1.165, 1.54) is 13.2 Å². The number of hydrogen-bond acceptors (Lipinski definition) is 6. The molecule has 0 saturated carbocycles. The van der Waals surface area contributed by atoms with Gasteiger partial charge in [0, 0.05) is 0 Å². The summed E-state index contributed by atoms with van der Waals surface area (Å²) in [5, 5.41) is 0. The number of benzene rings is 2. The zero-order valence-electron chi connectivity index (χ0n) is 12.4. The Morgan fingerprint density at radius 3 is 2.70 bits per heavy atom. The third-order valence-electron chi connectivity index (χ3n) is 3.35. The predicted octanol–water partition coefficient (Wildman–Crippen LogP) is 2.46. The van der Waals surface area contributed by atoms with Gasteiger partial charge in [0.15, 0.2) is 18.1 Å². The Bertz CT molecular complexity index is 752. The van der Waals surface area contributed by atoms with Gasteiger partial charge in [-0.3, -0.25) is 4.79 Å². The predicted molar refractivity (Wildman–Crippen MR) is 80.2 cm³/mol. The molecule has 0 amide bonds. The SMILES string of the molecule is COc1ccccc1C(=O)COC(=O)c1ccc2c(c1)OCO2.